The molecule has 0 aliphatic carbocycles. The third-order valence-corrected chi connectivity index (χ3v) is 4.24. The van der Waals surface area contributed by atoms with Crippen molar-refractivity contribution < 1.29 is 23.4 Å². The quantitative estimate of drug-likeness (QED) is 0.496. The molecule has 0 atom stereocenters. The highest BCUT2D eigenvalue weighted by atomic mass is 19.2. The minimum atomic E-state index is -0.956. The van der Waals surface area contributed by atoms with Crippen molar-refractivity contribution in [2.45, 2.75) is 13.5 Å². The van der Waals surface area contributed by atoms with E-state index < -0.39 is 11.6 Å². The molecule has 3 rings (SSSR count). The molecule has 3 aromatic rings. The number of ketones is 1. The van der Waals surface area contributed by atoms with E-state index in [1.54, 1.807) is 25.1 Å². The van der Waals surface area contributed by atoms with Crippen molar-refractivity contribution in [2.75, 3.05) is 7.11 Å². The Bertz CT molecular complexity index is 1060. The maximum atomic E-state index is 13.4. The number of allylic oxidation sites excluding steroid dienone is 1. The molecule has 0 saturated carbocycles. The molecule has 5 nitrogen and oxygen atoms in total. The highest BCUT2D eigenvalue weighted by Gasteiger charge is 2.12. The Morgan fingerprint density at radius 1 is 1.21 bits per heavy atom. The summed E-state index contributed by atoms with van der Waals surface area (Å²) in [5.41, 5.74) is 3.06. The molecule has 7 heteroatoms. The number of ether oxygens (including phenoxy) is 1. The molecule has 0 amide bonds. The molecule has 2 aromatic carbocycles. The predicted octanol–water partition coefficient (Wildman–Crippen LogP) is 4.06. The molecule has 28 heavy (non-hydrogen) atoms. The van der Waals surface area contributed by atoms with E-state index in [0.717, 1.165) is 17.7 Å². The van der Waals surface area contributed by atoms with E-state index in [0.29, 0.717) is 33.8 Å². The molecular formula is C21H18F2N2O3. The van der Waals surface area contributed by atoms with Gasteiger partial charge in [-0.2, -0.15) is 5.10 Å². The van der Waals surface area contributed by atoms with Gasteiger partial charge in [0.25, 0.3) is 0 Å². The number of rotatable bonds is 6. The Morgan fingerprint density at radius 3 is 2.68 bits per heavy atom. The molecular weight excluding hydrogens is 366 g/mol. The number of carbonyl (C=O) groups is 1. The lowest BCUT2D eigenvalue weighted by Crippen LogP contribution is -2.01. The summed E-state index contributed by atoms with van der Waals surface area (Å²) in [5, 5.41) is 16.2. The van der Waals surface area contributed by atoms with Gasteiger partial charge in [0.2, 0.25) is 0 Å². The minimum absolute atomic E-state index is 0.243. The highest BCUT2D eigenvalue weighted by molar-refractivity contribution is 6.07. The first-order valence-corrected chi connectivity index (χ1v) is 8.44. The molecule has 2 N–H and O–H groups in total. The topological polar surface area (TPSA) is 75.2 Å². The number of H-pyrrole nitrogens is 1. The van der Waals surface area contributed by atoms with E-state index in [2.05, 4.69) is 10.2 Å². The molecule has 0 aliphatic rings. The molecule has 1 heterocycles. The Kier molecular flexibility index (Phi) is 5.65. The molecule has 0 aliphatic heterocycles. The summed E-state index contributed by atoms with van der Waals surface area (Å²) in [6.07, 6.45) is 2.90. The largest absolute Gasteiger partial charge is 0.496 e. The van der Waals surface area contributed by atoms with Gasteiger partial charge in [-0.3, -0.25) is 9.89 Å². The maximum absolute atomic E-state index is 13.4. The zero-order valence-corrected chi connectivity index (χ0v) is 15.3. The summed E-state index contributed by atoms with van der Waals surface area (Å²) in [5.74, 6) is -1.60. The van der Waals surface area contributed by atoms with Crippen molar-refractivity contribution in [3.8, 4) is 17.0 Å². The third kappa shape index (κ3) is 3.99. The summed E-state index contributed by atoms with van der Waals surface area (Å²) in [7, 11) is 1.51. The first-order valence-electron chi connectivity index (χ1n) is 8.44. The zero-order chi connectivity index (χ0) is 20.3. The second-order valence-corrected chi connectivity index (χ2v) is 6.18. The fourth-order valence-corrected chi connectivity index (χ4v) is 2.89. The summed E-state index contributed by atoms with van der Waals surface area (Å²) in [6, 6.07) is 8.39. The number of aliphatic hydroxyl groups excluding tert-OH is 1. The summed E-state index contributed by atoms with van der Waals surface area (Å²) >= 11 is 0. The molecule has 0 saturated heterocycles. The van der Waals surface area contributed by atoms with Gasteiger partial charge in [-0.1, -0.05) is 0 Å². The fourth-order valence-electron chi connectivity index (χ4n) is 2.89. The number of benzene rings is 2. The standard InChI is InChI=1S/C21H18F2N2O3/c1-12-7-14(8-15(11-26)21(12)28-2)20(27)6-4-16-10-19(25-24-16)13-3-5-17(22)18(23)9-13/h3-10,26H,11H2,1-2H3,(H,24,25)/b6-4+. The normalized spacial score (nSPS) is 11.2. The van der Waals surface area contributed by atoms with Crippen LogP contribution in [0.4, 0.5) is 8.78 Å². The fraction of sp³-hybridized carbons (Fsp3) is 0.143. The number of hydrogen-bond donors (Lipinski definition) is 2. The van der Waals surface area contributed by atoms with Gasteiger partial charge in [-0.25, -0.2) is 8.78 Å². The SMILES string of the molecule is COc1c(C)cc(C(=O)/C=C/c2cc(-c3ccc(F)c(F)c3)n[nH]2)cc1CO. The van der Waals surface area contributed by atoms with Crippen LogP contribution < -0.4 is 4.74 Å². The average molecular weight is 384 g/mol. The Labute approximate surface area is 160 Å². The van der Waals surface area contributed by atoms with Gasteiger partial charge in [0.05, 0.1) is 25.1 Å². The number of hydrogen-bond acceptors (Lipinski definition) is 4. The third-order valence-electron chi connectivity index (χ3n) is 4.24. The summed E-state index contributed by atoms with van der Waals surface area (Å²) in [4.78, 5) is 12.5. The number of aryl methyl sites for hydroxylation is 1. The lowest BCUT2D eigenvalue weighted by Gasteiger charge is -2.11. The van der Waals surface area contributed by atoms with Gasteiger partial charge in [0.1, 0.15) is 5.75 Å². The van der Waals surface area contributed by atoms with Crippen LogP contribution in [-0.4, -0.2) is 28.2 Å². The number of nitrogens with one attached hydrogen (secondary N) is 1. The van der Waals surface area contributed by atoms with Crippen molar-refractivity contribution in [2.24, 2.45) is 0 Å². The second-order valence-electron chi connectivity index (χ2n) is 6.18. The van der Waals surface area contributed by atoms with Crippen LogP contribution in [0.2, 0.25) is 0 Å². The van der Waals surface area contributed by atoms with E-state index >= 15 is 0 Å². The van der Waals surface area contributed by atoms with Gasteiger partial charge in [-0.05, 0) is 61.0 Å². The molecule has 0 fully saturated rings. The van der Waals surface area contributed by atoms with E-state index in [-0.39, 0.29) is 12.4 Å². The highest BCUT2D eigenvalue weighted by Crippen LogP contribution is 2.26. The predicted molar refractivity (Wildman–Crippen MR) is 101 cm³/mol. The number of aromatic amines is 1. The van der Waals surface area contributed by atoms with E-state index in [9.17, 15) is 18.7 Å². The van der Waals surface area contributed by atoms with Crippen molar-refractivity contribution in [3.05, 3.63) is 76.5 Å². The molecule has 0 bridgehead atoms. The van der Waals surface area contributed by atoms with Gasteiger partial charge in [0, 0.05) is 16.7 Å². The van der Waals surface area contributed by atoms with Gasteiger partial charge < -0.3 is 9.84 Å². The number of carbonyl (C=O) groups excluding carboxylic acids is 1. The van der Waals surface area contributed by atoms with Gasteiger partial charge >= 0.3 is 0 Å². The molecule has 0 radical (unpaired) electrons. The van der Waals surface area contributed by atoms with Crippen LogP contribution >= 0.6 is 0 Å². The number of nitrogens with zero attached hydrogens (tertiary/aromatic N) is 1. The van der Waals surface area contributed by atoms with Crippen LogP contribution in [-0.2, 0) is 6.61 Å². The van der Waals surface area contributed by atoms with Crippen molar-refractivity contribution in [1.29, 1.82) is 0 Å². The van der Waals surface area contributed by atoms with E-state index in [1.807, 2.05) is 0 Å². The van der Waals surface area contributed by atoms with E-state index in [4.69, 9.17) is 4.74 Å². The minimum Gasteiger partial charge on any atom is -0.496 e. The zero-order valence-electron chi connectivity index (χ0n) is 15.3. The number of methoxy groups -OCH3 is 1. The van der Waals surface area contributed by atoms with Crippen molar-refractivity contribution in [3.63, 3.8) is 0 Å². The van der Waals surface area contributed by atoms with Crippen LogP contribution in [0.15, 0.2) is 42.5 Å². The van der Waals surface area contributed by atoms with Crippen LogP contribution in [0.1, 0.15) is 27.2 Å². The maximum Gasteiger partial charge on any atom is 0.185 e. The first-order chi connectivity index (χ1) is 13.4. The van der Waals surface area contributed by atoms with Crippen molar-refractivity contribution in [1.82, 2.24) is 10.2 Å². The smallest absolute Gasteiger partial charge is 0.185 e. The molecule has 144 valence electrons. The molecule has 0 unspecified atom stereocenters. The number of aliphatic hydroxyl groups is 1. The molecule has 0 spiro atoms. The second kappa shape index (κ2) is 8.14. The Morgan fingerprint density at radius 2 is 2.00 bits per heavy atom. The van der Waals surface area contributed by atoms with Crippen LogP contribution in [0.3, 0.4) is 0 Å². The van der Waals surface area contributed by atoms with Crippen LogP contribution in [0.25, 0.3) is 17.3 Å². The van der Waals surface area contributed by atoms with Crippen LogP contribution in [0.5, 0.6) is 5.75 Å². The molecule has 1 aromatic heterocycles. The first kappa shape index (κ1) is 19.4. The van der Waals surface area contributed by atoms with Crippen molar-refractivity contribution >= 4 is 11.9 Å². The number of halogens is 2. The van der Waals surface area contributed by atoms with Gasteiger partial charge in [-0.15, -0.1) is 0 Å². The summed E-state index contributed by atoms with van der Waals surface area (Å²) in [6.45, 7) is 1.55. The lowest BCUT2D eigenvalue weighted by molar-refractivity contribution is 0.104. The Balaban J connectivity index is 1.81. The summed E-state index contributed by atoms with van der Waals surface area (Å²) < 4.78 is 31.6. The monoisotopic (exact) mass is 384 g/mol. The van der Waals surface area contributed by atoms with Crippen LogP contribution in [0, 0.1) is 18.6 Å². The van der Waals surface area contributed by atoms with Gasteiger partial charge in [0.15, 0.2) is 17.4 Å². The lowest BCUT2D eigenvalue weighted by atomic mass is 10.0. The number of aromatic nitrogens is 2. The van der Waals surface area contributed by atoms with E-state index in [1.165, 1.54) is 25.3 Å². The average Bonchev–Trinajstić information content (AvgIpc) is 3.16. The Hall–Kier alpha value is -3.32.